The smallest absolute Gasteiger partial charge is 0.491 e. The summed E-state index contributed by atoms with van der Waals surface area (Å²) >= 11 is 0. The molecule has 1 aromatic carbocycles. The van der Waals surface area contributed by atoms with Gasteiger partial charge >= 0.3 is 18.1 Å². The Balaban J connectivity index is 2.36. The minimum absolute atomic E-state index is 0.204. The zero-order valence-electron chi connectivity index (χ0n) is 13.3. The first-order chi connectivity index (χ1) is 11.6. The summed E-state index contributed by atoms with van der Waals surface area (Å²) in [5.41, 5.74) is 6.31. The number of halogens is 3. The number of hydrogen-bond acceptors (Lipinski definition) is 6. The lowest BCUT2D eigenvalue weighted by atomic mass is 10.1. The number of amides is 1. The third kappa shape index (κ3) is 7.21. The van der Waals surface area contributed by atoms with E-state index in [2.05, 4.69) is 10.1 Å². The number of carbonyl (C=O) groups is 3. The molecule has 7 nitrogen and oxygen atoms in total. The molecule has 0 bridgehead atoms. The molecular weight excluding hydrogens is 345 g/mol. The molecule has 0 saturated carbocycles. The molecule has 1 aromatic rings. The van der Waals surface area contributed by atoms with Gasteiger partial charge in [-0.3, -0.25) is 9.59 Å². The van der Waals surface area contributed by atoms with Crippen LogP contribution in [0.3, 0.4) is 0 Å². The van der Waals surface area contributed by atoms with E-state index in [4.69, 9.17) is 10.5 Å². The highest BCUT2D eigenvalue weighted by Gasteiger charge is 2.42. The average molecular weight is 362 g/mol. The molecule has 0 radical (unpaired) electrons. The molecule has 0 unspecified atom stereocenters. The predicted molar refractivity (Wildman–Crippen MR) is 79.5 cm³/mol. The average Bonchev–Trinajstić information content (AvgIpc) is 2.54. The minimum atomic E-state index is -5.29. The van der Waals surface area contributed by atoms with Gasteiger partial charge in [0, 0.05) is 6.54 Å². The van der Waals surface area contributed by atoms with E-state index in [0.717, 1.165) is 5.56 Å². The van der Waals surface area contributed by atoms with Crippen molar-refractivity contribution in [3.63, 3.8) is 0 Å². The molecule has 1 atom stereocenters. The topological polar surface area (TPSA) is 108 Å². The van der Waals surface area contributed by atoms with Gasteiger partial charge in [0.15, 0.2) is 0 Å². The van der Waals surface area contributed by atoms with Gasteiger partial charge < -0.3 is 20.5 Å². The first-order valence-corrected chi connectivity index (χ1v) is 7.11. The molecule has 10 heteroatoms. The summed E-state index contributed by atoms with van der Waals surface area (Å²) < 4.78 is 44.4. The number of ether oxygens (including phenoxy) is 2. The number of alkyl halides is 3. The Morgan fingerprint density at radius 2 is 1.80 bits per heavy atom. The number of hydrogen-bond donors (Lipinski definition) is 2. The second-order valence-corrected chi connectivity index (χ2v) is 4.96. The highest BCUT2D eigenvalue weighted by Crippen LogP contribution is 2.17. The first kappa shape index (κ1) is 20.4. The van der Waals surface area contributed by atoms with Crippen molar-refractivity contribution >= 4 is 17.8 Å². The Labute approximate surface area is 141 Å². The molecule has 138 valence electrons. The van der Waals surface area contributed by atoms with Gasteiger partial charge in [-0.15, -0.1) is 0 Å². The largest absolute Gasteiger partial charge is 0.497 e. The third-order valence-electron chi connectivity index (χ3n) is 3.03. The van der Waals surface area contributed by atoms with Crippen LogP contribution in [0.4, 0.5) is 13.2 Å². The number of carbonyl (C=O) groups excluding carboxylic acids is 3. The molecule has 1 rings (SSSR count). The van der Waals surface area contributed by atoms with Gasteiger partial charge in [0.05, 0.1) is 19.6 Å². The van der Waals surface area contributed by atoms with Crippen LogP contribution in [0.15, 0.2) is 24.3 Å². The zero-order valence-corrected chi connectivity index (χ0v) is 13.3. The Morgan fingerprint density at radius 3 is 2.32 bits per heavy atom. The molecule has 1 amide bonds. The Hall–Kier alpha value is -2.62. The van der Waals surface area contributed by atoms with Crippen LogP contribution in [-0.4, -0.2) is 43.7 Å². The van der Waals surface area contributed by atoms with E-state index in [-0.39, 0.29) is 6.54 Å². The van der Waals surface area contributed by atoms with Crippen molar-refractivity contribution in [3.05, 3.63) is 29.8 Å². The third-order valence-corrected chi connectivity index (χ3v) is 3.03. The fraction of sp³-hybridized carbons (Fsp3) is 0.400. The number of rotatable bonds is 7. The SMILES string of the molecule is COc1ccc(CCNC(=O)[C@@H](N)CC(=O)OC(=O)C(F)(F)F)cc1. The summed E-state index contributed by atoms with van der Waals surface area (Å²) in [5, 5.41) is 2.44. The predicted octanol–water partition coefficient (Wildman–Crippen LogP) is 0.703. The van der Waals surface area contributed by atoms with E-state index in [9.17, 15) is 27.6 Å². The van der Waals surface area contributed by atoms with Crippen LogP contribution in [0.1, 0.15) is 12.0 Å². The van der Waals surface area contributed by atoms with Crippen LogP contribution in [0.25, 0.3) is 0 Å². The molecule has 0 fully saturated rings. The van der Waals surface area contributed by atoms with E-state index >= 15 is 0 Å². The van der Waals surface area contributed by atoms with E-state index in [1.807, 2.05) is 0 Å². The van der Waals surface area contributed by atoms with E-state index in [1.54, 1.807) is 24.3 Å². The van der Waals surface area contributed by atoms with Gasteiger partial charge in [0.1, 0.15) is 5.75 Å². The van der Waals surface area contributed by atoms with Crippen molar-refractivity contribution in [2.24, 2.45) is 5.73 Å². The Morgan fingerprint density at radius 1 is 1.20 bits per heavy atom. The number of esters is 2. The molecule has 0 aliphatic carbocycles. The molecule has 0 saturated heterocycles. The van der Waals surface area contributed by atoms with Gasteiger partial charge in [0.25, 0.3) is 0 Å². The molecule has 0 aromatic heterocycles. The molecule has 0 aliphatic rings. The second kappa shape index (κ2) is 9.02. The lowest BCUT2D eigenvalue weighted by Crippen LogP contribution is -2.43. The maximum absolute atomic E-state index is 11.9. The fourth-order valence-electron chi connectivity index (χ4n) is 1.73. The van der Waals surface area contributed by atoms with Gasteiger partial charge in [-0.2, -0.15) is 13.2 Å². The van der Waals surface area contributed by atoms with Crippen LogP contribution in [0, 0.1) is 0 Å². The van der Waals surface area contributed by atoms with Crippen molar-refractivity contribution in [2.75, 3.05) is 13.7 Å². The van der Waals surface area contributed by atoms with Crippen molar-refractivity contribution in [2.45, 2.75) is 25.1 Å². The maximum atomic E-state index is 11.9. The minimum Gasteiger partial charge on any atom is -0.497 e. The fourth-order valence-corrected chi connectivity index (χ4v) is 1.73. The molecule has 3 N–H and O–H groups in total. The van der Waals surface area contributed by atoms with Crippen LogP contribution in [0.5, 0.6) is 5.75 Å². The summed E-state index contributed by atoms with van der Waals surface area (Å²) in [6, 6.07) is 5.66. The number of methoxy groups -OCH3 is 1. The molecule has 0 aliphatic heterocycles. The van der Waals surface area contributed by atoms with Crippen molar-refractivity contribution < 1.29 is 37.0 Å². The van der Waals surface area contributed by atoms with Crippen molar-refractivity contribution in [3.8, 4) is 5.75 Å². The van der Waals surface area contributed by atoms with Gasteiger partial charge in [-0.1, -0.05) is 12.1 Å². The monoisotopic (exact) mass is 362 g/mol. The molecule has 25 heavy (non-hydrogen) atoms. The maximum Gasteiger partial charge on any atom is 0.491 e. The molecule has 0 spiro atoms. The summed E-state index contributed by atoms with van der Waals surface area (Å²) in [4.78, 5) is 33.3. The summed E-state index contributed by atoms with van der Waals surface area (Å²) in [6.07, 6.45) is -5.67. The van der Waals surface area contributed by atoms with Crippen LogP contribution < -0.4 is 15.8 Å². The van der Waals surface area contributed by atoms with Gasteiger partial charge in [-0.25, -0.2) is 4.79 Å². The summed E-state index contributed by atoms with van der Waals surface area (Å²) in [7, 11) is 1.53. The normalized spacial score (nSPS) is 12.2. The molecular formula is C15H17F3N2O5. The standard InChI is InChI=1S/C15H17F3N2O5/c1-24-10-4-2-9(3-5-10)6-7-20-13(22)11(19)8-12(21)25-14(23)15(16,17)18/h2-5,11H,6-8,19H2,1H3,(H,20,22)/t11-/m0/s1. The van der Waals surface area contributed by atoms with E-state index < -0.39 is 36.5 Å². The van der Waals surface area contributed by atoms with Crippen molar-refractivity contribution in [1.29, 1.82) is 0 Å². The summed E-state index contributed by atoms with van der Waals surface area (Å²) in [5.74, 6) is -4.24. The van der Waals surface area contributed by atoms with Crippen molar-refractivity contribution in [1.82, 2.24) is 5.32 Å². The van der Waals surface area contributed by atoms with Crippen LogP contribution in [-0.2, 0) is 25.5 Å². The first-order valence-electron chi connectivity index (χ1n) is 7.11. The van der Waals surface area contributed by atoms with E-state index in [1.165, 1.54) is 7.11 Å². The number of nitrogens with one attached hydrogen (secondary N) is 1. The lowest BCUT2D eigenvalue weighted by molar-refractivity contribution is -0.202. The second-order valence-electron chi connectivity index (χ2n) is 4.96. The molecule has 0 heterocycles. The quantitative estimate of drug-likeness (QED) is 0.546. The lowest BCUT2D eigenvalue weighted by Gasteiger charge is -2.12. The van der Waals surface area contributed by atoms with Gasteiger partial charge in [-0.05, 0) is 24.1 Å². The highest BCUT2D eigenvalue weighted by atomic mass is 19.4. The van der Waals surface area contributed by atoms with Crippen LogP contribution in [0.2, 0.25) is 0 Å². The number of nitrogens with two attached hydrogens (primary N) is 1. The highest BCUT2D eigenvalue weighted by molar-refractivity contribution is 5.92. The number of benzene rings is 1. The van der Waals surface area contributed by atoms with Gasteiger partial charge in [0.2, 0.25) is 5.91 Å². The summed E-state index contributed by atoms with van der Waals surface area (Å²) in [6.45, 7) is 0.204. The Kier molecular flexibility index (Phi) is 7.37. The Bertz CT molecular complexity index is 617. The van der Waals surface area contributed by atoms with E-state index in [0.29, 0.717) is 12.2 Å². The van der Waals surface area contributed by atoms with Crippen LogP contribution >= 0.6 is 0 Å². The zero-order chi connectivity index (χ0) is 19.0.